The van der Waals surface area contributed by atoms with Crippen molar-refractivity contribution in [1.82, 2.24) is 0 Å². The maximum atomic E-state index is 11.1. The van der Waals surface area contributed by atoms with E-state index in [4.69, 9.17) is 11.6 Å². The Kier molecular flexibility index (Phi) is 5.26. The first-order valence-corrected chi connectivity index (χ1v) is 8.20. The normalized spacial score (nSPS) is 26.0. The molecule has 0 N–H and O–H groups in total. The summed E-state index contributed by atoms with van der Waals surface area (Å²) in [6.45, 7) is 6.39. The van der Waals surface area contributed by atoms with Crippen LogP contribution in [-0.4, -0.2) is 10.3 Å². The van der Waals surface area contributed by atoms with E-state index in [2.05, 4.69) is 13.8 Å². The molecule has 0 bridgehead atoms. The molecule has 0 saturated heterocycles. The van der Waals surface area contributed by atoms with Crippen LogP contribution in [0.2, 0.25) is 0 Å². The maximum absolute atomic E-state index is 11.1. The summed E-state index contributed by atoms with van der Waals surface area (Å²) in [5.41, 5.74) is 2.08. The van der Waals surface area contributed by atoms with Crippen LogP contribution in [0.15, 0.2) is 18.2 Å². The second-order valence-electron chi connectivity index (χ2n) is 6.62. The minimum Gasteiger partial charge on any atom is -0.258 e. The predicted octanol–water partition coefficient (Wildman–Crippen LogP) is 5.13. The average molecular weight is 310 g/mol. The molecule has 0 aliphatic heterocycles. The number of hydrogen-bond acceptors (Lipinski definition) is 2. The Labute approximate surface area is 131 Å². The highest BCUT2D eigenvalue weighted by molar-refractivity contribution is 6.20. The zero-order valence-electron chi connectivity index (χ0n) is 13.0. The van der Waals surface area contributed by atoms with Gasteiger partial charge in [-0.05, 0) is 55.9 Å². The van der Waals surface area contributed by atoms with Crippen LogP contribution >= 0.6 is 11.6 Å². The standard InChI is InChI=1S/C17H24ClNO2/c1-11(2)13-7-8-16(18)15(9-13)10-14-5-4-6-17(12(14)3)19(20)21/h4-6,11,13,15-16H,7-10H2,1-3H3. The zero-order chi connectivity index (χ0) is 15.6. The number of nitro groups is 1. The molecule has 0 amide bonds. The molecule has 1 fully saturated rings. The number of benzene rings is 1. The molecule has 1 saturated carbocycles. The molecular weight excluding hydrogens is 286 g/mol. The van der Waals surface area contributed by atoms with Crippen molar-refractivity contribution in [3.8, 4) is 0 Å². The van der Waals surface area contributed by atoms with Gasteiger partial charge in [0.05, 0.1) is 4.92 Å². The van der Waals surface area contributed by atoms with Gasteiger partial charge < -0.3 is 0 Å². The summed E-state index contributed by atoms with van der Waals surface area (Å²) in [6, 6.07) is 5.37. The van der Waals surface area contributed by atoms with Crippen LogP contribution in [0.3, 0.4) is 0 Å². The van der Waals surface area contributed by atoms with E-state index in [1.807, 2.05) is 13.0 Å². The van der Waals surface area contributed by atoms with Gasteiger partial charge in [-0.1, -0.05) is 26.0 Å². The van der Waals surface area contributed by atoms with E-state index >= 15 is 0 Å². The minimum absolute atomic E-state index is 0.193. The summed E-state index contributed by atoms with van der Waals surface area (Å²) in [5, 5.41) is 11.2. The Bertz CT molecular complexity index is 516. The molecule has 1 aliphatic carbocycles. The van der Waals surface area contributed by atoms with Gasteiger partial charge >= 0.3 is 0 Å². The summed E-state index contributed by atoms with van der Waals surface area (Å²) in [4.78, 5) is 10.8. The topological polar surface area (TPSA) is 43.1 Å². The summed E-state index contributed by atoms with van der Waals surface area (Å²) >= 11 is 6.52. The van der Waals surface area contributed by atoms with Crippen molar-refractivity contribution < 1.29 is 4.92 Å². The lowest BCUT2D eigenvalue weighted by molar-refractivity contribution is -0.385. The Morgan fingerprint density at radius 3 is 2.71 bits per heavy atom. The van der Waals surface area contributed by atoms with Gasteiger partial charge in [0, 0.05) is 17.0 Å². The average Bonchev–Trinajstić information content (AvgIpc) is 2.42. The SMILES string of the molecule is Cc1c(CC2CC(C(C)C)CCC2Cl)cccc1[N+](=O)[O-]. The lowest BCUT2D eigenvalue weighted by Gasteiger charge is -2.35. The molecule has 0 spiro atoms. The second kappa shape index (κ2) is 6.78. The quantitative estimate of drug-likeness (QED) is 0.440. The molecule has 0 heterocycles. The lowest BCUT2D eigenvalue weighted by Crippen LogP contribution is -2.29. The number of nitro benzene ring substituents is 1. The van der Waals surface area contributed by atoms with Crippen LogP contribution in [0.5, 0.6) is 0 Å². The van der Waals surface area contributed by atoms with E-state index in [-0.39, 0.29) is 16.0 Å². The number of nitrogens with zero attached hydrogens (tertiary/aromatic N) is 1. The van der Waals surface area contributed by atoms with E-state index in [1.54, 1.807) is 12.1 Å². The van der Waals surface area contributed by atoms with E-state index in [1.165, 1.54) is 6.42 Å². The van der Waals surface area contributed by atoms with Crippen molar-refractivity contribution in [3.63, 3.8) is 0 Å². The Balaban J connectivity index is 2.17. The van der Waals surface area contributed by atoms with Gasteiger partial charge in [-0.2, -0.15) is 0 Å². The van der Waals surface area contributed by atoms with Crippen molar-refractivity contribution >= 4 is 17.3 Å². The van der Waals surface area contributed by atoms with Gasteiger partial charge in [0.2, 0.25) is 0 Å². The third kappa shape index (κ3) is 3.76. The molecule has 21 heavy (non-hydrogen) atoms. The fourth-order valence-electron chi connectivity index (χ4n) is 3.45. The van der Waals surface area contributed by atoms with Gasteiger partial charge in [-0.3, -0.25) is 10.1 Å². The molecule has 1 aromatic rings. The predicted molar refractivity (Wildman–Crippen MR) is 86.8 cm³/mol. The highest BCUT2D eigenvalue weighted by Gasteiger charge is 2.31. The van der Waals surface area contributed by atoms with E-state index < -0.39 is 0 Å². The number of alkyl halides is 1. The summed E-state index contributed by atoms with van der Waals surface area (Å²) < 4.78 is 0. The van der Waals surface area contributed by atoms with Gasteiger partial charge in [0.1, 0.15) is 0 Å². The van der Waals surface area contributed by atoms with E-state index in [9.17, 15) is 10.1 Å². The molecule has 1 aromatic carbocycles. The van der Waals surface area contributed by atoms with Crippen molar-refractivity contribution in [3.05, 3.63) is 39.4 Å². The molecule has 3 unspecified atom stereocenters. The summed E-state index contributed by atoms with van der Waals surface area (Å²) in [7, 11) is 0. The third-order valence-corrected chi connectivity index (χ3v) is 5.54. The van der Waals surface area contributed by atoms with Crippen molar-refractivity contribution in [1.29, 1.82) is 0 Å². The molecular formula is C17H24ClNO2. The molecule has 3 nitrogen and oxygen atoms in total. The maximum Gasteiger partial charge on any atom is 0.272 e. The van der Waals surface area contributed by atoms with Crippen molar-refractivity contribution in [2.45, 2.75) is 51.8 Å². The van der Waals surface area contributed by atoms with Crippen molar-refractivity contribution in [2.75, 3.05) is 0 Å². The molecule has 116 valence electrons. The van der Waals surface area contributed by atoms with Gasteiger partial charge in [0.15, 0.2) is 0 Å². The number of halogens is 1. The highest BCUT2D eigenvalue weighted by atomic mass is 35.5. The summed E-state index contributed by atoms with van der Waals surface area (Å²) in [5.74, 6) is 1.83. The van der Waals surface area contributed by atoms with Crippen LogP contribution < -0.4 is 0 Å². The van der Waals surface area contributed by atoms with Crippen LogP contribution in [0.25, 0.3) is 0 Å². The van der Waals surface area contributed by atoms with Crippen LogP contribution in [0, 0.1) is 34.8 Å². The van der Waals surface area contributed by atoms with Gasteiger partial charge in [0.25, 0.3) is 5.69 Å². The van der Waals surface area contributed by atoms with Crippen molar-refractivity contribution in [2.24, 2.45) is 17.8 Å². The Morgan fingerprint density at radius 1 is 1.38 bits per heavy atom. The minimum atomic E-state index is -0.297. The van der Waals surface area contributed by atoms with Crippen LogP contribution in [-0.2, 0) is 6.42 Å². The molecule has 1 aliphatic rings. The Hall–Kier alpha value is -1.09. The number of rotatable bonds is 4. The van der Waals surface area contributed by atoms with E-state index in [0.717, 1.165) is 36.3 Å². The first kappa shape index (κ1) is 16.3. The van der Waals surface area contributed by atoms with Crippen LogP contribution in [0.1, 0.15) is 44.2 Å². The molecule has 4 heteroatoms. The number of hydrogen-bond donors (Lipinski definition) is 0. The van der Waals surface area contributed by atoms with Gasteiger partial charge in [-0.25, -0.2) is 0 Å². The highest BCUT2D eigenvalue weighted by Crippen LogP contribution is 2.39. The molecule has 2 rings (SSSR count). The van der Waals surface area contributed by atoms with Gasteiger partial charge in [-0.15, -0.1) is 11.6 Å². The lowest BCUT2D eigenvalue weighted by atomic mass is 9.74. The first-order valence-electron chi connectivity index (χ1n) is 7.77. The smallest absolute Gasteiger partial charge is 0.258 e. The molecule has 0 aromatic heterocycles. The monoisotopic (exact) mass is 309 g/mol. The molecule has 3 atom stereocenters. The first-order chi connectivity index (χ1) is 9.90. The third-order valence-electron chi connectivity index (χ3n) is 4.97. The molecule has 0 radical (unpaired) electrons. The summed E-state index contributed by atoms with van der Waals surface area (Å²) in [6.07, 6.45) is 4.25. The second-order valence-corrected chi connectivity index (χ2v) is 7.18. The largest absolute Gasteiger partial charge is 0.272 e. The fraction of sp³-hybridized carbons (Fsp3) is 0.647. The zero-order valence-corrected chi connectivity index (χ0v) is 13.8. The fourth-order valence-corrected chi connectivity index (χ4v) is 3.77. The Morgan fingerprint density at radius 2 is 2.10 bits per heavy atom. The van der Waals surface area contributed by atoms with Crippen LogP contribution in [0.4, 0.5) is 5.69 Å². The van der Waals surface area contributed by atoms with E-state index in [0.29, 0.717) is 11.8 Å².